The molecule has 0 unspecified atom stereocenters. The summed E-state index contributed by atoms with van der Waals surface area (Å²) in [5, 5.41) is 11.9. The fourth-order valence-electron chi connectivity index (χ4n) is 2.36. The van der Waals surface area contributed by atoms with Crippen LogP contribution in [0.25, 0.3) is 5.69 Å². The molecule has 0 atom stereocenters. The summed E-state index contributed by atoms with van der Waals surface area (Å²) in [5.41, 5.74) is 1.47. The van der Waals surface area contributed by atoms with E-state index >= 15 is 0 Å². The summed E-state index contributed by atoms with van der Waals surface area (Å²) in [5.74, 6) is -0.890. The van der Waals surface area contributed by atoms with Gasteiger partial charge < -0.3 is 5.32 Å². The highest BCUT2D eigenvalue weighted by Crippen LogP contribution is 2.19. The first-order valence-corrected chi connectivity index (χ1v) is 9.05. The van der Waals surface area contributed by atoms with Gasteiger partial charge in [0.05, 0.1) is 10.6 Å². The summed E-state index contributed by atoms with van der Waals surface area (Å²) >= 11 is 0. The molecule has 26 heavy (non-hydrogen) atoms. The standard InChI is InChI=1S/C17H15FN4O3S/c1-11-2-5-13(10-16(11)26(19,24)25)20-17(23)15-8-9-22(21-15)14-6-3-12(18)4-7-14/h2-10H,1H3,(H,20,23)(H2,19,24,25). The van der Waals surface area contributed by atoms with Crippen LogP contribution in [-0.2, 0) is 10.0 Å². The van der Waals surface area contributed by atoms with Gasteiger partial charge in [0, 0.05) is 11.9 Å². The third-order valence-corrected chi connectivity index (χ3v) is 4.72. The molecule has 1 amide bonds. The molecule has 0 spiro atoms. The second-order valence-electron chi connectivity index (χ2n) is 5.60. The molecule has 0 aliphatic carbocycles. The second-order valence-corrected chi connectivity index (χ2v) is 7.13. The smallest absolute Gasteiger partial charge is 0.276 e. The maximum Gasteiger partial charge on any atom is 0.276 e. The fraction of sp³-hybridized carbons (Fsp3) is 0.0588. The van der Waals surface area contributed by atoms with Crippen molar-refractivity contribution < 1.29 is 17.6 Å². The summed E-state index contributed by atoms with van der Waals surface area (Å²) in [4.78, 5) is 12.3. The van der Waals surface area contributed by atoms with E-state index in [1.165, 1.54) is 41.1 Å². The Balaban J connectivity index is 1.82. The minimum Gasteiger partial charge on any atom is -0.321 e. The first-order chi connectivity index (χ1) is 12.2. The third-order valence-electron chi connectivity index (χ3n) is 3.67. The van der Waals surface area contributed by atoms with Crippen molar-refractivity contribution in [2.75, 3.05) is 5.32 Å². The van der Waals surface area contributed by atoms with E-state index in [1.54, 1.807) is 25.3 Å². The molecule has 0 bridgehead atoms. The number of sulfonamides is 1. The van der Waals surface area contributed by atoms with Gasteiger partial charge in [-0.2, -0.15) is 5.10 Å². The maximum atomic E-state index is 13.0. The molecule has 3 aromatic rings. The van der Waals surface area contributed by atoms with Gasteiger partial charge in [-0.05, 0) is 55.0 Å². The highest BCUT2D eigenvalue weighted by molar-refractivity contribution is 7.89. The molecule has 0 aliphatic rings. The van der Waals surface area contributed by atoms with E-state index in [9.17, 15) is 17.6 Å². The zero-order valence-corrected chi connectivity index (χ0v) is 14.5. The molecule has 0 aliphatic heterocycles. The Labute approximate surface area is 149 Å². The molecule has 134 valence electrons. The molecule has 3 N–H and O–H groups in total. The van der Waals surface area contributed by atoms with Crippen molar-refractivity contribution in [1.82, 2.24) is 9.78 Å². The number of rotatable bonds is 4. The molecule has 1 aromatic heterocycles. The van der Waals surface area contributed by atoms with Gasteiger partial charge in [0.2, 0.25) is 10.0 Å². The summed E-state index contributed by atoms with van der Waals surface area (Å²) < 4.78 is 37.5. The molecule has 0 saturated carbocycles. The number of carbonyl (C=O) groups excluding carboxylic acids is 1. The van der Waals surface area contributed by atoms with Gasteiger partial charge in [-0.1, -0.05) is 6.07 Å². The van der Waals surface area contributed by atoms with Gasteiger partial charge in [-0.15, -0.1) is 0 Å². The van der Waals surface area contributed by atoms with Gasteiger partial charge in [-0.3, -0.25) is 4.79 Å². The number of anilines is 1. The number of amides is 1. The highest BCUT2D eigenvalue weighted by Gasteiger charge is 2.15. The second kappa shape index (κ2) is 6.70. The van der Waals surface area contributed by atoms with E-state index in [1.807, 2.05) is 0 Å². The predicted molar refractivity (Wildman–Crippen MR) is 94.0 cm³/mol. The van der Waals surface area contributed by atoms with Crippen LogP contribution in [0.1, 0.15) is 16.1 Å². The van der Waals surface area contributed by atoms with Gasteiger partial charge >= 0.3 is 0 Å². The van der Waals surface area contributed by atoms with E-state index in [0.29, 0.717) is 11.3 Å². The molecule has 0 radical (unpaired) electrons. The van der Waals surface area contributed by atoms with Gasteiger partial charge in [0.25, 0.3) is 5.91 Å². The average Bonchev–Trinajstić information content (AvgIpc) is 3.06. The van der Waals surface area contributed by atoms with Gasteiger partial charge in [0.15, 0.2) is 5.69 Å². The van der Waals surface area contributed by atoms with Crippen LogP contribution >= 0.6 is 0 Å². The van der Waals surface area contributed by atoms with E-state index in [2.05, 4.69) is 10.4 Å². The lowest BCUT2D eigenvalue weighted by atomic mass is 10.2. The number of carbonyl (C=O) groups is 1. The largest absolute Gasteiger partial charge is 0.321 e. The quantitative estimate of drug-likeness (QED) is 0.730. The number of hydrogen-bond donors (Lipinski definition) is 2. The molecular formula is C17H15FN4O3S. The van der Waals surface area contributed by atoms with Gasteiger partial charge in [0.1, 0.15) is 5.82 Å². The number of benzene rings is 2. The number of halogens is 1. The number of nitrogens with two attached hydrogens (primary N) is 1. The Morgan fingerprint density at radius 2 is 1.85 bits per heavy atom. The van der Waals surface area contributed by atoms with Gasteiger partial charge in [-0.25, -0.2) is 22.6 Å². The molecule has 1 heterocycles. The van der Waals surface area contributed by atoms with Crippen LogP contribution in [0.2, 0.25) is 0 Å². The average molecular weight is 374 g/mol. The minimum atomic E-state index is -3.89. The third kappa shape index (κ3) is 3.79. The van der Waals surface area contributed by atoms with E-state index < -0.39 is 15.9 Å². The topological polar surface area (TPSA) is 107 Å². The zero-order chi connectivity index (χ0) is 18.9. The van der Waals surface area contributed by atoms with Crippen molar-refractivity contribution in [3.05, 3.63) is 71.8 Å². The number of nitrogens with zero attached hydrogens (tertiary/aromatic N) is 2. The minimum absolute atomic E-state index is 0.0628. The molecule has 0 saturated heterocycles. The molecule has 7 nitrogen and oxygen atoms in total. The molecule has 0 fully saturated rings. The van der Waals surface area contributed by atoms with Crippen LogP contribution in [0.5, 0.6) is 0 Å². The molecule has 3 rings (SSSR count). The lowest BCUT2D eigenvalue weighted by Gasteiger charge is -2.08. The number of hydrogen-bond acceptors (Lipinski definition) is 4. The van der Waals surface area contributed by atoms with Crippen molar-refractivity contribution in [3.8, 4) is 5.69 Å². The molecule has 9 heteroatoms. The Kier molecular flexibility index (Phi) is 4.58. The molecular weight excluding hydrogens is 359 g/mol. The fourth-order valence-corrected chi connectivity index (χ4v) is 3.17. The lowest BCUT2D eigenvalue weighted by Crippen LogP contribution is -2.16. The van der Waals surface area contributed by atoms with E-state index in [0.717, 1.165) is 0 Å². The first kappa shape index (κ1) is 17.8. The normalized spacial score (nSPS) is 11.3. The lowest BCUT2D eigenvalue weighted by molar-refractivity contribution is 0.102. The van der Waals surface area contributed by atoms with Crippen molar-refractivity contribution in [1.29, 1.82) is 0 Å². The maximum absolute atomic E-state index is 13.0. The van der Waals surface area contributed by atoms with Crippen LogP contribution in [0.4, 0.5) is 10.1 Å². The van der Waals surface area contributed by atoms with Crippen LogP contribution in [0.3, 0.4) is 0 Å². The van der Waals surface area contributed by atoms with Crippen molar-refractivity contribution in [3.63, 3.8) is 0 Å². The van der Waals surface area contributed by atoms with Crippen molar-refractivity contribution in [2.45, 2.75) is 11.8 Å². The monoisotopic (exact) mass is 374 g/mol. The molecule has 2 aromatic carbocycles. The van der Waals surface area contributed by atoms with E-state index in [4.69, 9.17) is 5.14 Å². The first-order valence-electron chi connectivity index (χ1n) is 7.50. The van der Waals surface area contributed by atoms with Crippen LogP contribution < -0.4 is 10.5 Å². The van der Waals surface area contributed by atoms with Crippen molar-refractivity contribution >= 4 is 21.6 Å². The number of aryl methyl sites for hydroxylation is 1. The Morgan fingerprint density at radius 3 is 2.50 bits per heavy atom. The predicted octanol–water partition coefficient (Wildman–Crippen LogP) is 2.22. The highest BCUT2D eigenvalue weighted by atomic mass is 32.2. The zero-order valence-electron chi connectivity index (χ0n) is 13.7. The Bertz CT molecular complexity index is 1080. The summed E-state index contributed by atoms with van der Waals surface area (Å²) in [6, 6.07) is 11.5. The summed E-state index contributed by atoms with van der Waals surface area (Å²) in [6.45, 7) is 1.61. The van der Waals surface area contributed by atoms with Crippen molar-refractivity contribution in [2.24, 2.45) is 5.14 Å². The summed E-state index contributed by atoms with van der Waals surface area (Å²) in [7, 11) is -3.89. The number of primary sulfonamides is 1. The Morgan fingerprint density at radius 1 is 1.15 bits per heavy atom. The van der Waals surface area contributed by atoms with Crippen LogP contribution in [0.15, 0.2) is 59.6 Å². The summed E-state index contributed by atoms with van der Waals surface area (Å²) in [6.07, 6.45) is 1.56. The Hall–Kier alpha value is -3.04. The SMILES string of the molecule is Cc1ccc(NC(=O)c2ccn(-c3ccc(F)cc3)n2)cc1S(N)(=O)=O. The number of aromatic nitrogens is 2. The van der Waals surface area contributed by atoms with Crippen LogP contribution in [-0.4, -0.2) is 24.1 Å². The van der Waals surface area contributed by atoms with E-state index in [-0.39, 0.29) is 22.1 Å². The van der Waals surface area contributed by atoms with Crippen LogP contribution in [0, 0.1) is 12.7 Å². The number of nitrogens with one attached hydrogen (secondary N) is 1.